The van der Waals surface area contributed by atoms with Crippen molar-refractivity contribution in [3.63, 3.8) is 0 Å². The molecule has 0 aliphatic rings. The summed E-state index contributed by atoms with van der Waals surface area (Å²) in [7, 11) is 0. The highest BCUT2D eigenvalue weighted by molar-refractivity contribution is 6.02. The minimum Gasteiger partial charge on any atom is -0.338 e. The van der Waals surface area contributed by atoms with Gasteiger partial charge in [-0.2, -0.15) is 0 Å². The van der Waals surface area contributed by atoms with E-state index in [0.29, 0.717) is 11.7 Å². The third-order valence-electron chi connectivity index (χ3n) is 2.43. The second kappa shape index (κ2) is 4.80. The number of nitrogens with two attached hydrogens (primary N) is 1. The summed E-state index contributed by atoms with van der Waals surface area (Å²) in [5, 5.41) is 13.7. The zero-order valence-corrected chi connectivity index (χ0v) is 9.89. The summed E-state index contributed by atoms with van der Waals surface area (Å²) in [6.07, 6.45) is 0. The standard InChI is InChI=1S/C10H12N6O2/c1-5-6(2)16-18-10(5)12-9(17)7-3-4-8(13-11)15-14-7/h3-4H,11H2,1-2H3,(H,12,17)(H,13,15). The molecule has 0 aliphatic carbocycles. The molecule has 0 saturated heterocycles. The summed E-state index contributed by atoms with van der Waals surface area (Å²) in [4.78, 5) is 11.8. The van der Waals surface area contributed by atoms with Crippen LogP contribution in [0.25, 0.3) is 0 Å². The fourth-order valence-corrected chi connectivity index (χ4v) is 1.23. The number of aryl methyl sites for hydroxylation is 1. The summed E-state index contributed by atoms with van der Waals surface area (Å²) in [5.74, 6) is 5.40. The summed E-state index contributed by atoms with van der Waals surface area (Å²) < 4.78 is 4.97. The number of aromatic nitrogens is 3. The molecular formula is C10H12N6O2. The highest BCUT2D eigenvalue weighted by atomic mass is 16.5. The summed E-state index contributed by atoms with van der Waals surface area (Å²) in [6, 6.07) is 3.04. The molecule has 2 heterocycles. The number of carbonyl (C=O) groups excluding carboxylic acids is 1. The van der Waals surface area contributed by atoms with E-state index in [2.05, 4.69) is 26.1 Å². The van der Waals surface area contributed by atoms with E-state index in [1.165, 1.54) is 6.07 Å². The lowest BCUT2D eigenvalue weighted by Crippen LogP contribution is -2.16. The Balaban J connectivity index is 2.14. The van der Waals surface area contributed by atoms with Crippen molar-refractivity contribution in [1.82, 2.24) is 15.4 Å². The number of hydrogen-bond donors (Lipinski definition) is 3. The van der Waals surface area contributed by atoms with Gasteiger partial charge in [-0.05, 0) is 26.0 Å². The average Bonchev–Trinajstić information content (AvgIpc) is 2.71. The third kappa shape index (κ3) is 2.28. The fourth-order valence-electron chi connectivity index (χ4n) is 1.23. The first-order valence-electron chi connectivity index (χ1n) is 5.16. The molecule has 2 aromatic rings. The number of anilines is 2. The minimum absolute atomic E-state index is 0.155. The highest BCUT2D eigenvalue weighted by Crippen LogP contribution is 2.17. The topological polar surface area (TPSA) is 119 Å². The van der Waals surface area contributed by atoms with Crippen LogP contribution in [0.2, 0.25) is 0 Å². The van der Waals surface area contributed by atoms with Gasteiger partial charge in [0.05, 0.1) is 5.69 Å². The molecule has 2 aromatic heterocycles. The normalized spacial score (nSPS) is 10.2. The molecule has 8 nitrogen and oxygen atoms in total. The van der Waals surface area contributed by atoms with E-state index < -0.39 is 5.91 Å². The number of rotatable bonds is 3. The van der Waals surface area contributed by atoms with E-state index in [1.807, 2.05) is 0 Å². The number of amides is 1. The molecule has 0 radical (unpaired) electrons. The molecule has 0 spiro atoms. The van der Waals surface area contributed by atoms with Crippen molar-refractivity contribution in [2.24, 2.45) is 5.84 Å². The van der Waals surface area contributed by atoms with Crippen molar-refractivity contribution in [2.45, 2.75) is 13.8 Å². The quantitative estimate of drug-likeness (QED) is 0.538. The molecule has 4 N–H and O–H groups in total. The Kier molecular flexibility index (Phi) is 3.20. The number of hydrazine groups is 1. The largest absolute Gasteiger partial charge is 0.338 e. The van der Waals surface area contributed by atoms with E-state index >= 15 is 0 Å². The monoisotopic (exact) mass is 248 g/mol. The van der Waals surface area contributed by atoms with E-state index in [9.17, 15) is 4.79 Å². The molecule has 0 saturated carbocycles. The zero-order valence-electron chi connectivity index (χ0n) is 9.89. The number of hydrogen-bond acceptors (Lipinski definition) is 7. The van der Waals surface area contributed by atoms with Gasteiger partial charge in [0.1, 0.15) is 0 Å². The molecule has 2 rings (SSSR count). The van der Waals surface area contributed by atoms with Gasteiger partial charge in [-0.3, -0.25) is 10.1 Å². The Labute approximate surface area is 103 Å². The van der Waals surface area contributed by atoms with Crippen LogP contribution in [-0.4, -0.2) is 21.3 Å². The molecule has 94 valence electrons. The molecular weight excluding hydrogens is 236 g/mol. The second-order valence-electron chi connectivity index (χ2n) is 3.62. The van der Waals surface area contributed by atoms with Crippen LogP contribution in [0.3, 0.4) is 0 Å². The van der Waals surface area contributed by atoms with Crippen molar-refractivity contribution in [3.05, 3.63) is 29.1 Å². The maximum absolute atomic E-state index is 11.8. The predicted molar refractivity (Wildman–Crippen MR) is 63.8 cm³/mol. The van der Waals surface area contributed by atoms with Crippen LogP contribution in [0.5, 0.6) is 0 Å². The van der Waals surface area contributed by atoms with Crippen LogP contribution in [-0.2, 0) is 0 Å². The fraction of sp³-hybridized carbons (Fsp3) is 0.200. The third-order valence-corrected chi connectivity index (χ3v) is 2.43. The van der Waals surface area contributed by atoms with Gasteiger partial charge in [0.25, 0.3) is 5.91 Å². The Bertz CT molecular complexity index is 562. The summed E-state index contributed by atoms with van der Waals surface area (Å²) in [6.45, 7) is 3.59. The SMILES string of the molecule is Cc1noc(NC(=O)c2ccc(NN)nn2)c1C. The van der Waals surface area contributed by atoms with Gasteiger partial charge < -0.3 is 9.95 Å². The van der Waals surface area contributed by atoms with Crippen molar-refractivity contribution < 1.29 is 9.32 Å². The van der Waals surface area contributed by atoms with Gasteiger partial charge in [-0.1, -0.05) is 5.16 Å². The summed E-state index contributed by atoms with van der Waals surface area (Å²) >= 11 is 0. The van der Waals surface area contributed by atoms with Gasteiger partial charge in [-0.15, -0.1) is 10.2 Å². The molecule has 0 unspecified atom stereocenters. The molecule has 0 aromatic carbocycles. The van der Waals surface area contributed by atoms with Crippen LogP contribution < -0.4 is 16.6 Å². The van der Waals surface area contributed by atoms with Crippen LogP contribution >= 0.6 is 0 Å². The lowest BCUT2D eigenvalue weighted by Gasteiger charge is -2.02. The number of nitrogen functional groups attached to an aromatic ring is 1. The molecule has 0 fully saturated rings. The van der Waals surface area contributed by atoms with Gasteiger partial charge in [-0.25, -0.2) is 5.84 Å². The van der Waals surface area contributed by atoms with Gasteiger partial charge >= 0.3 is 0 Å². The predicted octanol–water partition coefficient (Wildman–Crippen LogP) is 0.619. The lowest BCUT2D eigenvalue weighted by atomic mass is 10.3. The minimum atomic E-state index is -0.426. The van der Waals surface area contributed by atoms with Crippen molar-refractivity contribution in [3.8, 4) is 0 Å². The van der Waals surface area contributed by atoms with Gasteiger partial charge in [0.15, 0.2) is 11.5 Å². The zero-order chi connectivity index (χ0) is 13.1. The number of nitrogens with one attached hydrogen (secondary N) is 2. The smallest absolute Gasteiger partial charge is 0.278 e. The molecule has 18 heavy (non-hydrogen) atoms. The average molecular weight is 248 g/mol. The molecule has 8 heteroatoms. The first kappa shape index (κ1) is 12.0. The lowest BCUT2D eigenvalue weighted by molar-refractivity contribution is 0.101. The first-order valence-corrected chi connectivity index (χ1v) is 5.16. The Morgan fingerprint density at radius 1 is 1.33 bits per heavy atom. The number of nitrogens with zero attached hydrogens (tertiary/aromatic N) is 3. The maximum Gasteiger partial charge on any atom is 0.278 e. The van der Waals surface area contributed by atoms with E-state index in [4.69, 9.17) is 10.4 Å². The van der Waals surface area contributed by atoms with E-state index in [0.717, 1.165) is 11.3 Å². The van der Waals surface area contributed by atoms with Crippen LogP contribution in [0, 0.1) is 13.8 Å². The first-order chi connectivity index (χ1) is 8.61. The van der Waals surface area contributed by atoms with Gasteiger partial charge in [0.2, 0.25) is 5.88 Å². The molecule has 0 atom stereocenters. The van der Waals surface area contributed by atoms with Crippen LogP contribution in [0.1, 0.15) is 21.7 Å². The Morgan fingerprint density at radius 2 is 2.11 bits per heavy atom. The van der Waals surface area contributed by atoms with E-state index in [1.54, 1.807) is 19.9 Å². The highest BCUT2D eigenvalue weighted by Gasteiger charge is 2.14. The molecule has 1 amide bonds. The summed E-state index contributed by atoms with van der Waals surface area (Å²) in [5.41, 5.74) is 3.97. The number of carbonyl (C=O) groups is 1. The molecule has 0 aliphatic heterocycles. The molecule has 0 bridgehead atoms. The maximum atomic E-state index is 11.8. The van der Waals surface area contributed by atoms with Crippen molar-refractivity contribution >= 4 is 17.6 Å². The van der Waals surface area contributed by atoms with Crippen LogP contribution in [0.4, 0.5) is 11.7 Å². The van der Waals surface area contributed by atoms with Gasteiger partial charge in [0, 0.05) is 5.56 Å². The van der Waals surface area contributed by atoms with Crippen molar-refractivity contribution in [1.29, 1.82) is 0 Å². The second-order valence-corrected chi connectivity index (χ2v) is 3.62. The Hall–Kier alpha value is -2.48. The Morgan fingerprint density at radius 3 is 2.61 bits per heavy atom. The van der Waals surface area contributed by atoms with E-state index in [-0.39, 0.29) is 5.69 Å². The van der Waals surface area contributed by atoms with Crippen molar-refractivity contribution in [2.75, 3.05) is 10.7 Å². The van der Waals surface area contributed by atoms with Crippen LogP contribution in [0.15, 0.2) is 16.7 Å².